The van der Waals surface area contributed by atoms with Crippen molar-refractivity contribution >= 4 is 0 Å². The highest BCUT2D eigenvalue weighted by atomic mass is 16.5. The van der Waals surface area contributed by atoms with E-state index in [0.717, 1.165) is 11.3 Å². The number of ether oxygens (including phenoxy) is 2. The molecule has 0 amide bonds. The zero-order chi connectivity index (χ0) is 11.8. The van der Waals surface area contributed by atoms with Gasteiger partial charge in [0.15, 0.2) is 0 Å². The van der Waals surface area contributed by atoms with Crippen molar-refractivity contribution in [3.8, 4) is 5.75 Å². The lowest BCUT2D eigenvalue weighted by molar-refractivity contribution is 0.0000160. The summed E-state index contributed by atoms with van der Waals surface area (Å²) in [7, 11) is 0. The van der Waals surface area contributed by atoms with E-state index < -0.39 is 6.10 Å². The summed E-state index contributed by atoms with van der Waals surface area (Å²) in [6.45, 7) is 2.88. The molecular weight excluding hydrogens is 208 g/mol. The van der Waals surface area contributed by atoms with Crippen molar-refractivity contribution < 1.29 is 19.7 Å². The Bertz CT molecular complexity index is 284. The van der Waals surface area contributed by atoms with Crippen LogP contribution in [0.2, 0.25) is 0 Å². The largest absolute Gasteiger partial charge is 0.494 e. The molecule has 1 aromatic rings. The lowest BCUT2D eigenvalue weighted by Crippen LogP contribution is -2.19. The minimum atomic E-state index is -0.803. The minimum Gasteiger partial charge on any atom is -0.494 e. The van der Waals surface area contributed by atoms with E-state index in [9.17, 15) is 0 Å². The maximum atomic E-state index is 9.06. The molecule has 4 heteroatoms. The van der Waals surface area contributed by atoms with Gasteiger partial charge in [0.1, 0.15) is 11.9 Å². The Morgan fingerprint density at radius 1 is 1.25 bits per heavy atom. The summed E-state index contributed by atoms with van der Waals surface area (Å²) in [6.07, 6.45) is -0.803. The monoisotopic (exact) mass is 226 g/mol. The summed E-state index contributed by atoms with van der Waals surface area (Å²) >= 11 is 0. The number of rotatable bonds is 7. The van der Waals surface area contributed by atoms with Crippen LogP contribution in [-0.2, 0) is 11.3 Å². The second-order valence-electron chi connectivity index (χ2n) is 3.43. The molecule has 4 nitrogen and oxygen atoms in total. The van der Waals surface area contributed by atoms with Gasteiger partial charge in [0.05, 0.1) is 26.4 Å². The van der Waals surface area contributed by atoms with E-state index >= 15 is 0 Å². The Labute approximate surface area is 95.4 Å². The Balaban J connectivity index is 2.31. The highest BCUT2D eigenvalue weighted by Crippen LogP contribution is 2.12. The first-order valence-corrected chi connectivity index (χ1v) is 5.34. The Hall–Kier alpha value is -1.10. The summed E-state index contributed by atoms with van der Waals surface area (Å²) in [5.41, 5.74) is 1.01. The van der Waals surface area contributed by atoms with Crippen LogP contribution in [0.15, 0.2) is 24.3 Å². The third-order valence-electron chi connectivity index (χ3n) is 2.02. The van der Waals surface area contributed by atoms with Gasteiger partial charge in [0.2, 0.25) is 0 Å². The first-order valence-electron chi connectivity index (χ1n) is 5.34. The molecule has 1 atom stereocenters. The van der Waals surface area contributed by atoms with Gasteiger partial charge in [-0.25, -0.2) is 0 Å². The standard InChI is InChI=1S/C12H18O4/c1-2-16-12-5-3-10(4-6-12)8-15-9-11(14)7-13/h3-6,11,13-14H,2,7-9H2,1H3. The molecule has 0 radical (unpaired) electrons. The molecule has 0 aliphatic carbocycles. The maximum Gasteiger partial charge on any atom is 0.119 e. The van der Waals surface area contributed by atoms with Gasteiger partial charge in [0, 0.05) is 0 Å². The summed E-state index contributed by atoms with van der Waals surface area (Å²) in [5.74, 6) is 0.835. The first kappa shape index (κ1) is 13.0. The van der Waals surface area contributed by atoms with E-state index in [1.165, 1.54) is 0 Å². The second-order valence-corrected chi connectivity index (χ2v) is 3.43. The van der Waals surface area contributed by atoms with E-state index in [0.29, 0.717) is 13.2 Å². The van der Waals surface area contributed by atoms with Crippen molar-refractivity contribution in [1.29, 1.82) is 0 Å². The number of benzene rings is 1. The molecule has 1 unspecified atom stereocenters. The minimum absolute atomic E-state index is 0.143. The smallest absolute Gasteiger partial charge is 0.119 e. The fraction of sp³-hybridized carbons (Fsp3) is 0.500. The molecule has 0 saturated heterocycles. The molecule has 16 heavy (non-hydrogen) atoms. The van der Waals surface area contributed by atoms with Gasteiger partial charge < -0.3 is 19.7 Å². The summed E-state index contributed by atoms with van der Waals surface area (Å²) in [4.78, 5) is 0. The molecule has 90 valence electrons. The first-order chi connectivity index (χ1) is 7.76. The molecule has 0 aliphatic heterocycles. The lowest BCUT2D eigenvalue weighted by Gasteiger charge is -2.09. The van der Waals surface area contributed by atoms with E-state index in [1.54, 1.807) is 0 Å². The van der Waals surface area contributed by atoms with E-state index in [-0.39, 0.29) is 13.2 Å². The van der Waals surface area contributed by atoms with Crippen molar-refractivity contribution in [2.45, 2.75) is 19.6 Å². The normalized spacial score (nSPS) is 12.4. The van der Waals surface area contributed by atoms with Gasteiger partial charge in [0.25, 0.3) is 0 Å². The zero-order valence-electron chi connectivity index (χ0n) is 9.43. The van der Waals surface area contributed by atoms with Crippen LogP contribution >= 0.6 is 0 Å². The fourth-order valence-electron chi connectivity index (χ4n) is 1.21. The molecule has 0 spiro atoms. The van der Waals surface area contributed by atoms with Crippen LogP contribution in [0.4, 0.5) is 0 Å². The summed E-state index contributed by atoms with van der Waals surface area (Å²) < 4.78 is 10.5. The molecule has 2 N–H and O–H groups in total. The molecule has 1 rings (SSSR count). The fourth-order valence-corrected chi connectivity index (χ4v) is 1.21. The van der Waals surface area contributed by atoms with Gasteiger partial charge in [-0.05, 0) is 24.6 Å². The molecule has 0 aromatic heterocycles. The van der Waals surface area contributed by atoms with Crippen LogP contribution in [0.3, 0.4) is 0 Å². The predicted molar refractivity (Wildman–Crippen MR) is 60.4 cm³/mol. The maximum absolute atomic E-state index is 9.06. The summed E-state index contributed by atoms with van der Waals surface area (Å²) in [5, 5.41) is 17.6. The molecule has 0 saturated carbocycles. The molecule has 0 fully saturated rings. The molecule has 0 bridgehead atoms. The van der Waals surface area contributed by atoms with Gasteiger partial charge in [-0.3, -0.25) is 0 Å². The summed E-state index contributed by atoms with van der Waals surface area (Å²) in [6, 6.07) is 7.59. The average molecular weight is 226 g/mol. The number of aliphatic hydroxyl groups excluding tert-OH is 2. The Kier molecular flexibility index (Phi) is 5.85. The highest BCUT2D eigenvalue weighted by molar-refractivity contribution is 5.26. The Morgan fingerprint density at radius 2 is 1.94 bits per heavy atom. The van der Waals surface area contributed by atoms with Crippen LogP contribution in [0.5, 0.6) is 5.75 Å². The van der Waals surface area contributed by atoms with Crippen LogP contribution in [0, 0.1) is 0 Å². The number of hydrogen-bond donors (Lipinski definition) is 2. The average Bonchev–Trinajstić information content (AvgIpc) is 2.31. The topological polar surface area (TPSA) is 58.9 Å². The van der Waals surface area contributed by atoms with Gasteiger partial charge in [-0.1, -0.05) is 12.1 Å². The Morgan fingerprint density at radius 3 is 2.50 bits per heavy atom. The third kappa shape index (κ3) is 4.61. The van der Waals surface area contributed by atoms with E-state index in [4.69, 9.17) is 19.7 Å². The predicted octanol–water partition coefficient (Wildman–Crippen LogP) is 0.955. The lowest BCUT2D eigenvalue weighted by atomic mass is 10.2. The van der Waals surface area contributed by atoms with E-state index in [2.05, 4.69) is 0 Å². The molecule has 0 aliphatic rings. The van der Waals surface area contributed by atoms with Crippen molar-refractivity contribution in [3.05, 3.63) is 29.8 Å². The van der Waals surface area contributed by atoms with Crippen LogP contribution in [-0.4, -0.2) is 36.1 Å². The highest BCUT2D eigenvalue weighted by Gasteiger charge is 2.01. The van der Waals surface area contributed by atoms with Crippen LogP contribution in [0.1, 0.15) is 12.5 Å². The zero-order valence-corrected chi connectivity index (χ0v) is 9.43. The third-order valence-corrected chi connectivity index (χ3v) is 2.02. The van der Waals surface area contributed by atoms with Gasteiger partial charge in [-0.2, -0.15) is 0 Å². The quantitative estimate of drug-likeness (QED) is 0.727. The van der Waals surface area contributed by atoms with Gasteiger partial charge >= 0.3 is 0 Å². The SMILES string of the molecule is CCOc1ccc(COCC(O)CO)cc1. The van der Waals surface area contributed by atoms with Crippen molar-refractivity contribution in [2.75, 3.05) is 19.8 Å². The van der Waals surface area contributed by atoms with E-state index in [1.807, 2.05) is 31.2 Å². The van der Waals surface area contributed by atoms with Crippen LogP contribution in [0.25, 0.3) is 0 Å². The molecular formula is C12H18O4. The van der Waals surface area contributed by atoms with Crippen LogP contribution < -0.4 is 4.74 Å². The van der Waals surface area contributed by atoms with Gasteiger partial charge in [-0.15, -0.1) is 0 Å². The number of aliphatic hydroxyl groups is 2. The van der Waals surface area contributed by atoms with Crippen molar-refractivity contribution in [2.24, 2.45) is 0 Å². The van der Waals surface area contributed by atoms with Crippen molar-refractivity contribution in [1.82, 2.24) is 0 Å². The molecule has 0 heterocycles. The number of hydrogen-bond acceptors (Lipinski definition) is 4. The van der Waals surface area contributed by atoms with Crippen molar-refractivity contribution in [3.63, 3.8) is 0 Å². The molecule has 1 aromatic carbocycles. The second kappa shape index (κ2) is 7.22.